The Labute approximate surface area is 124 Å². The number of amides is 1. The zero-order valence-electron chi connectivity index (χ0n) is 11.4. The van der Waals surface area contributed by atoms with Crippen molar-refractivity contribution in [2.45, 2.75) is 0 Å². The first-order valence-corrected chi connectivity index (χ1v) is 6.10. The van der Waals surface area contributed by atoms with Crippen molar-refractivity contribution < 1.29 is 28.2 Å². The van der Waals surface area contributed by atoms with Gasteiger partial charge >= 0.3 is 5.97 Å². The minimum Gasteiger partial charge on any atom is -0.506 e. The first-order chi connectivity index (χ1) is 10.4. The third kappa shape index (κ3) is 3.20. The molecule has 0 radical (unpaired) electrons. The standard InChI is InChI=1S/C15H11F2NO4/c1-22-15(21)8-2-5-12(13(19)6-8)18-14(20)10-4-3-9(16)7-11(10)17/h2-7,19H,1H3,(H,18,20). The van der Waals surface area contributed by atoms with Crippen LogP contribution >= 0.6 is 0 Å². The summed E-state index contributed by atoms with van der Waals surface area (Å²) in [6.45, 7) is 0. The average Bonchev–Trinajstić information content (AvgIpc) is 2.48. The lowest BCUT2D eigenvalue weighted by Gasteiger charge is -2.09. The Morgan fingerprint density at radius 2 is 1.86 bits per heavy atom. The number of phenolic OH excluding ortho intramolecular Hbond substituents is 1. The first kappa shape index (κ1) is 15.4. The monoisotopic (exact) mass is 307 g/mol. The maximum atomic E-state index is 13.5. The largest absolute Gasteiger partial charge is 0.506 e. The highest BCUT2D eigenvalue weighted by molar-refractivity contribution is 6.05. The molecule has 7 heteroatoms. The summed E-state index contributed by atoms with van der Waals surface area (Å²) in [4.78, 5) is 23.2. The Balaban J connectivity index is 2.23. The second kappa shape index (κ2) is 6.21. The maximum absolute atomic E-state index is 13.5. The fourth-order valence-corrected chi connectivity index (χ4v) is 1.75. The van der Waals surface area contributed by atoms with Gasteiger partial charge in [0.05, 0.1) is 23.9 Å². The molecule has 22 heavy (non-hydrogen) atoms. The van der Waals surface area contributed by atoms with Gasteiger partial charge in [-0.1, -0.05) is 0 Å². The van der Waals surface area contributed by atoms with Gasteiger partial charge in [0.2, 0.25) is 0 Å². The molecule has 0 aliphatic heterocycles. The zero-order chi connectivity index (χ0) is 16.3. The van der Waals surface area contributed by atoms with Crippen molar-refractivity contribution in [2.75, 3.05) is 12.4 Å². The van der Waals surface area contributed by atoms with Crippen molar-refractivity contribution in [1.29, 1.82) is 0 Å². The number of phenols is 1. The summed E-state index contributed by atoms with van der Waals surface area (Å²) in [5, 5.41) is 12.0. The van der Waals surface area contributed by atoms with Gasteiger partial charge in [0.1, 0.15) is 17.4 Å². The number of aromatic hydroxyl groups is 1. The summed E-state index contributed by atoms with van der Waals surface area (Å²) in [6.07, 6.45) is 0. The highest BCUT2D eigenvalue weighted by atomic mass is 19.1. The number of esters is 1. The van der Waals surface area contributed by atoms with Crippen molar-refractivity contribution in [1.82, 2.24) is 0 Å². The molecule has 1 amide bonds. The van der Waals surface area contributed by atoms with Gasteiger partial charge in [0.25, 0.3) is 5.91 Å². The van der Waals surface area contributed by atoms with Crippen molar-refractivity contribution in [3.8, 4) is 5.75 Å². The molecule has 114 valence electrons. The van der Waals surface area contributed by atoms with E-state index < -0.39 is 29.3 Å². The number of hydrogen-bond donors (Lipinski definition) is 2. The third-order valence-corrected chi connectivity index (χ3v) is 2.84. The van der Waals surface area contributed by atoms with E-state index >= 15 is 0 Å². The lowest BCUT2D eigenvalue weighted by atomic mass is 10.1. The summed E-state index contributed by atoms with van der Waals surface area (Å²) in [7, 11) is 1.19. The summed E-state index contributed by atoms with van der Waals surface area (Å²) >= 11 is 0. The minimum atomic E-state index is -1.02. The smallest absolute Gasteiger partial charge is 0.337 e. The highest BCUT2D eigenvalue weighted by Crippen LogP contribution is 2.25. The van der Waals surface area contributed by atoms with Gasteiger partial charge in [-0.3, -0.25) is 4.79 Å². The topological polar surface area (TPSA) is 75.6 Å². The molecule has 2 aromatic carbocycles. The zero-order valence-corrected chi connectivity index (χ0v) is 11.4. The number of halogens is 2. The molecule has 0 bridgehead atoms. The second-order valence-electron chi connectivity index (χ2n) is 4.30. The van der Waals surface area contributed by atoms with Crippen LogP contribution in [0.15, 0.2) is 36.4 Å². The van der Waals surface area contributed by atoms with Crippen LogP contribution < -0.4 is 5.32 Å². The van der Waals surface area contributed by atoms with E-state index in [9.17, 15) is 23.5 Å². The molecule has 0 fully saturated rings. The molecular weight excluding hydrogens is 296 g/mol. The molecule has 2 N–H and O–H groups in total. The molecule has 0 aromatic heterocycles. The van der Waals surface area contributed by atoms with Gasteiger partial charge in [-0.2, -0.15) is 0 Å². The molecule has 0 unspecified atom stereocenters. The molecule has 0 aliphatic carbocycles. The maximum Gasteiger partial charge on any atom is 0.337 e. The number of anilines is 1. The molecule has 0 saturated carbocycles. The number of carbonyl (C=O) groups is 2. The predicted molar refractivity (Wildman–Crippen MR) is 73.8 cm³/mol. The number of rotatable bonds is 3. The van der Waals surface area contributed by atoms with Crippen molar-refractivity contribution in [3.63, 3.8) is 0 Å². The number of carbonyl (C=O) groups excluding carboxylic acids is 2. The summed E-state index contributed by atoms with van der Waals surface area (Å²) in [5.41, 5.74) is -0.315. The SMILES string of the molecule is COC(=O)c1ccc(NC(=O)c2ccc(F)cc2F)c(O)c1. The minimum absolute atomic E-state index is 0.0265. The van der Waals surface area contributed by atoms with Crippen molar-refractivity contribution in [2.24, 2.45) is 0 Å². The van der Waals surface area contributed by atoms with Crippen molar-refractivity contribution >= 4 is 17.6 Å². The fourth-order valence-electron chi connectivity index (χ4n) is 1.75. The Kier molecular flexibility index (Phi) is 4.36. The lowest BCUT2D eigenvalue weighted by molar-refractivity contribution is 0.0600. The van der Waals surface area contributed by atoms with E-state index in [2.05, 4.69) is 10.1 Å². The van der Waals surface area contributed by atoms with E-state index in [1.165, 1.54) is 19.2 Å². The quantitative estimate of drug-likeness (QED) is 0.675. The van der Waals surface area contributed by atoms with E-state index in [1.807, 2.05) is 0 Å². The molecule has 0 atom stereocenters. The molecule has 2 aromatic rings. The van der Waals surface area contributed by atoms with E-state index in [4.69, 9.17) is 0 Å². The van der Waals surface area contributed by atoms with Gasteiger partial charge in [-0.05, 0) is 30.3 Å². The number of methoxy groups -OCH3 is 1. The molecule has 2 rings (SSSR count). The molecule has 0 aliphatic rings. The summed E-state index contributed by atoms with van der Waals surface area (Å²) in [6, 6.07) is 6.19. The van der Waals surface area contributed by atoms with Crippen LogP contribution in [-0.2, 0) is 4.74 Å². The van der Waals surface area contributed by atoms with E-state index in [1.54, 1.807) is 0 Å². The number of nitrogens with one attached hydrogen (secondary N) is 1. The van der Waals surface area contributed by atoms with Gasteiger partial charge in [0, 0.05) is 6.07 Å². The number of ether oxygens (including phenoxy) is 1. The number of hydrogen-bond acceptors (Lipinski definition) is 4. The molecule has 0 heterocycles. The van der Waals surface area contributed by atoms with Crippen LogP contribution in [0.1, 0.15) is 20.7 Å². The molecule has 5 nitrogen and oxygen atoms in total. The van der Waals surface area contributed by atoms with Crippen LogP contribution in [0.3, 0.4) is 0 Å². The Hall–Kier alpha value is -2.96. The fraction of sp³-hybridized carbons (Fsp3) is 0.0667. The van der Waals surface area contributed by atoms with E-state index in [-0.39, 0.29) is 16.8 Å². The van der Waals surface area contributed by atoms with Gasteiger partial charge in [-0.15, -0.1) is 0 Å². The second-order valence-corrected chi connectivity index (χ2v) is 4.30. The van der Waals surface area contributed by atoms with Crippen molar-refractivity contribution in [3.05, 3.63) is 59.2 Å². The van der Waals surface area contributed by atoms with Gasteiger partial charge < -0.3 is 15.2 Å². The van der Waals surface area contributed by atoms with Crippen LogP contribution in [-0.4, -0.2) is 24.1 Å². The van der Waals surface area contributed by atoms with Crippen LogP contribution in [0.5, 0.6) is 5.75 Å². The highest BCUT2D eigenvalue weighted by Gasteiger charge is 2.15. The molecule has 0 saturated heterocycles. The van der Waals surface area contributed by atoms with Crippen LogP contribution in [0.25, 0.3) is 0 Å². The average molecular weight is 307 g/mol. The lowest BCUT2D eigenvalue weighted by Crippen LogP contribution is -2.14. The Morgan fingerprint density at radius 1 is 1.14 bits per heavy atom. The molecule has 0 spiro atoms. The van der Waals surface area contributed by atoms with E-state index in [0.717, 1.165) is 18.2 Å². The predicted octanol–water partition coefficient (Wildman–Crippen LogP) is 2.71. The van der Waals surface area contributed by atoms with Gasteiger partial charge in [-0.25, -0.2) is 13.6 Å². The number of benzene rings is 2. The normalized spacial score (nSPS) is 10.1. The van der Waals surface area contributed by atoms with Crippen LogP contribution in [0.4, 0.5) is 14.5 Å². The summed E-state index contributed by atoms with van der Waals surface area (Å²) in [5.74, 6) is -3.74. The first-order valence-electron chi connectivity index (χ1n) is 6.10. The van der Waals surface area contributed by atoms with Gasteiger partial charge in [0.15, 0.2) is 0 Å². The Morgan fingerprint density at radius 3 is 2.45 bits per heavy atom. The Bertz CT molecular complexity index is 746. The van der Waals surface area contributed by atoms with Crippen LogP contribution in [0, 0.1) is 11.6 Å². The van der Waals surface area contributed by atoms with Crippen LogP contribution in [0.2, 0.25) is 0 Å². The molecular formula is C15H11F2NO4. The summed E-state index contributed by atoms with van der Waals surface area (Å²) < 4.78 is 30.8. The third-order valence-electron chi connectivity index (χ3n) is 2.84. The van der Waals surface area contributed by atoms with E-state index in [0.29, 0.717) is 6.07 Å².